The van der Waals surface area contributed by atoms with E-state index in [1.807, 2.05) is 0 Å². The summed E-state index contributed by atoms with van der Waals surface area (Å²) in [4.78, 5) is 0. The Bertz CT molecular complexity index is 164. The number of rotatable bonds is 7. The molecule has 0 aromatic rings. The molecule has 1 N–H and O–H groups in total. The summed E-state index contributed by atoms with van der Waals surface area (Å²) in [5, 5.41) is 9.68. The van der Waals surface area contributed by atoms with Crippen LogP contribution in [0.5, 0.6) is 0 Å². The van der Waals surface area contributed by atoms with Crippen molar-refractivity contribution in [1.82, 2.24) is 0 Å². The van der Waals surface area contributed by atoms with Gasteiger partial charge in [-0.3, -0.25) is 0 Å². The van der Waals surface area contributed by atoms with E-state index in [0.717, 1.165) is 12.8 Å². The second kappa shape index (κ2) is 7.14. The maximum absolute atomic E-state index is 9.68. The molecule has 5 nitrogen and oxygen atoms in total. The number of ether oxygens (including phenoxy) is 4. The lowest BCUT2D eigenvalue weighted by Crippen LogP contribution is -2.23. The molecular weight excluding hydrogens is 200 g/mol. The van der Waals surface area contributed by atoms with Crippen LogP contribution in [-0.4, -0.2) is 51.7 Å². The molecule has 5 heteroatoms. The van der Waals surface area contributed by atoms with Gasteiger partial charge in [0.1, 0.15) is 13.6 Å². The third kappa shape index (κ3) is 4.44. The molecule has 0 saturated heterocycles. The van der Waals surface area contributed by atoms with Crippen LogP contribution < -0.4 is 0 Å². The van der Waals surface area contributed by atoms with Crippen LogP contribution in [0.2, 0.25) is 0 Å². The summed E-state index contributed by atoms with van der Waals surface area (Å²) in [6.07, 6.45) is 1.00. The number of aliphatic hydroxyl groups is 1. The summed E-state index contributed by atoms with van der Waals surface area (Å²) in [5.74, 6) is 0.344. The molecule has 3 unspecified atom stereocenters. The van der Waals surface area contributed by atoms with Gasteiger partial charge in [0.25, 0.3) is 0 Å². The molecular formula is C10H20O5. The molecule has 0 spiro atoms. The molecule has 0 aromatic heterocycles. The van der Waals surface area contributed by atoms with E-state index in [9.17, 15) is 5.11 Å². The first kappa shape index (κ1) is 12.9. The molecule has 3 atom stereocenters. The average Bonchev–Trinajstić information content (AvgIpc) is 2.57. The zero-order valence-corrected chi connectivity index (χ0v) is 9.35. The maximum atomic E-state index is 9.68. The van der Waals surface area contributed by atoms with Crippen molar-refractivity contribution in [2.24, 2.45) is 5.92 Å². The maximum Gasteiger partial charge on any atom is 0.146 e. The van der Waals surface area contributed by atoms with Gasteiger partial charge in [0, 0.05) is 14.2 Å². The minimum Gasteiger partial charge on any atom is -0.390 e. The Morgan fingerprint density at radius 3 is 2.53 bits per heavy atom. The monoisotopic (exact) mass is 220 g/mol. The highest BCUT2D eigenvalue weighted by Crippen LogP contribution is 2.28. The number of hydrogen-bond acceptors (Lipinski definition) is 5. The minimum absolute atomic E-state index is 0.124. The number of hydrogen-bond donors (Lipinski definition) is 1. The fraction of sp³-hybridized carbons (Fsp3) is 1.00. The topological polar surface area (TPSA) is 57.2 Å². The van der Waals surface area contributed by atoms with Crippen LogP contribution in [0.25, 0.3) is 0 Å². The fourth-order valence-electron chi connectivity index (χ4n) is 1.84. The first-order valence-electron chi connectivity index (χ1n) is 5.13. The summed E-state index contributed by atoms with van der Waals surface area (Å²) in [6.45, 7) is 1.14. The van der Waals surface area contributed by atoms with Gasteiger partial charge in [0.05, 0.1) is 18.8 Å². The largest absolute Gasteiger partial charge is 0.390 e. The van der Waals surface area contributed by atoms with Crippen molar-refractivity contribution in [2.45, 2.75) is 25.0 Å². The summed E-state index contributed by atoms with van der Waals surface area (Å²) in [6, 6.07) is 0. The molecule has 0 aliphatic heterocycles. The highest BCUT2D eigenvalue weighted by molar-refractivity contribution is 4.83. The van der Waals surface area contributed by atoms with Crippen LogP contribution in [0.15, 0.2) is 0 Å². The molecule has 1 fully saturated rings. The Hall–Kier alpha value is -0.200. The van der Waals surface area contributed by atoms with E-state index >= 15 is 0 Å². The molecule has 0 aromatic carbocycles. The van der Waals surface area contributed by atoms with Gasteiger partial charge in [-0.15, -0.1) is 0 Å². The minimum atomic E-state index is -0.406. The third-order valence-electron chi connectivity index (χ3n) is 2.52. The smallest absolute Gasteiger partial charge is 0.146 e. The molecule has 15 heavy (non-hydrogen) atoms. The molecule has 0 bridgehead atoms. The van der Waals surface area contributed by atoms with E-state index in [2.05, 4.69) is 0 Å². The van der Waals surface area contributed by atoms with E-state index in [0.29, 0.717) is 19.3 Å². The zero-order chi connectivity index (χ0) is 11.1. The number of aliphatic hydroxyl groups excluding tert-OH is 1. The molecule has 90 valence electrons. The molecule has 1 saturated carbocycles. The summed E-state index contributed by atoms with van der Waals surface area (Å²) in [7, 11) is 3.16. The summed E-state index contributed by atoms with van der Waals surface area (Å²) >= 11 is 0. The van der Waals surface area contributed by atoms with Crippen molar-refractivity contribution in [2.75, 3.05) is 34.4 Å². The van der Waals surface area contributed by atoms with Crippen molar-refractivity contribution in [3.63, 3.8) is 0 Å². The van der Waals surface area contributed by atoms with Gasteiger partial charge in [-0.2, -0.15) is 0 Å². The summed E-state index contributed by atoms with van der Waals surface area (Å²) < 4.78 is 20.2. The van der Waals surface area contributed by atoms with Gasteiger partial charge in [0.2, 0.25) is 0 Å². The molecule has 0 amide bonds. The third-order valence-corrected chi connectivity index (χ3v) is 2.52. The molecule has 1 rings (SSSR count). The second-order valence-corrected chi connectivity index (χ2v) is 3.79. The SMILES string of the molecule is COCOCC1CC(O)C(OCOC)C1. The molecule has 0 heterocycles. The van der Waals surface area contributed by atoms with Crippen LogP contribution in [0.3, 0.4) is 0 Å². The quantitative estimate of drug-likeness (QED) is 0.496. The van der Waals surface area contributed by atoms with E-state index in [1.54, 1.807) is 14.2 Å². The Balaban J connectivity index is 2.16. The van der Waals surface area contributed by atoms with Gasteiger partial charge >= 0.3 is 0 Å². The van der Waals surface area contributed by atoms with Gasteiger partial charge in [-0.25, -0.2) is 0 Å². The van der Waals surface area contributed by atoms with E-state index in [-0.39, 0.29) is 12.9 Å². The number of methoxy groups -OCH3 is 2. The highest BCUT2D eigenvalue weighted by Gasteiger charge is 2.33. The Kier molecular flexibility index (Phi) is 6.12. The van der Waals surface area contributed by atoms with Crippen LogP contribution in [0, 0.1) is 5.92 Å². The second-order valence-electron chi connectivity index (χ2n) is 3.79. The van der Waals surface area contributed by atoms with Crippen LogP contribution in [0.1, 0.15) is 12.8 Å². The lowest BCUT2D eigenvalue weighted by atomic mass is 10.1. The highest BCUT2D eigenvalue weighted by atomic mass is 16.7. The van der Waals surface area contributed by atoms with Crippen LogP contribution in [0.4, 0.5) is 0 Å². The van der Waals surface area contributed by atoms with Crippen molar-refractivity contribution >= 4 is 0 Å². The van der Waals surface area contributed by atoms with E-state index < -0.39 is 6.10 Å². The molecule has 0 radical (unpaired) electrons. The van der Waals surface area contributed by atoms with E-state index in [4.69, 9.17) is 18.9 Å². The van der Waals surface area contributed by atoms with Crippen molar-refractivity contribution in [3.8, 4) is 0 Å². The standard InChI is InChI=1S/C10H20O5/c1-12-6-14-5-8-3-9(11)10(4-8)15-7-13-2/h8-11H,3-7H2,1-2H3. The Labute approximate surface area is 90.3 Å². The van der Waals surface area contributed by atoms with Crippen LogP contribution >= 0.6 is 0 Å². The molecule has 1 aliphatic carbocycles. The first-order valence-corrected chi connectivity index (χ1v) is 5.13. The molecule has 1 aliphatic rings. The van der Waals surface area contributed by atoms with Crippen molar-refractivity contribution < 1.29 is 24.1 Å². The van der Waals surface area contributed by atoms with Gasteiger partial charge in [0.15, 0.2) is 0 Å². The Morgan fingerprint density at radius 1 is 1.13 bits per heavy atom. The predicted molar refractivity (Wildman–Crippen MR) is 53.3 cm³/mol. The lowest BCUT2D eigenvalue weighted by molar-refractivity contribution is -0.102. The van der Waals surface area contributed by atoms with Crippen LogP contribution in [-0.2, 0) is 18.9 Å². The normalized spacial score (nSPS) is 31.0. The van der Waals surface area contributed by atoms with Gasteiger partial charge in [-0.05, 0) is 18.8 Å². The lowest BCUT2D eigenvalue weighted by Gasteiger charge is -2.14. The predicted octanol–water partition coefficient (Wildman–Crippen LogP) is 0.367. The fourth-order valence-corrected chi connectivity index (χ4v) is 1.84. The van der Waals surface area contributed by atoms with Crippen molar-refractivity contribution in [3.05, 3.63) is 0 Å². The van der Waals surface area contributed by atoms with Gasteiger partial charge < -0.3 is 24.1 Å². The van der Waals surface area contributed by atoms with Gasteiger partial charge in [-0.1, -0.05) is 0 Å². The van der Waals surface area contributed by atoms with Crippen molar-refractivity contribution in [1.29, 1.82) is 0 Å². The zero-order valence-electron chi connectivity index (χ0n) is 9.35. The first-order chi connectivity index (χ1) is 7.27. The Morgan fingerprint density at radius 2 is 1.87 bits per heavy atom. The summed E-state index contributed by atoms with van der Waals surface area (Å²) in [5.41, 5.74) is 0. The average molecular weight is 220 g/mol. The van der Waals surface area contributed by atoms with E-state index in [1.165, 1.54) is 0 Å².